The van der Waals surface area contributed by atoms with Crippen LogP contribution in [0.4, 0.5) is 0 Å². The van der Waals surface area contributed by atoms with Gasteiger partial charge in [0.15, 0.2) is 6.04 Å². The molecular formula is C5H10N2O2S. The maximum atomic E-state index is 10.7. The topological polar surface area (TPSA) is 64.7 Å². The average molecular weight is 162 g/mol. The Morgan fingerprint density at radius 2 is 2.50 bits per heavy atom. The van der Waals surface area contributed by atoms with Crippen LogP contribution in [0.5, 0.6) is 0 Å². The molecule has 0 rings (SSSR count). The van der Waals surface area contributed by atoms with Gasteiger partial charge in [0.1, 0.15) is 6.61 Å². The summed E-state index contributed by atoms with van der Waals surface area (Å²) in [4.78, 5) is 10.7. The number of nitrogens with two attached hydrogens (primary N) is 1. The molecule has 0 bridgehead atoms. The van der Waals surface area contributed by atoms with Crippen molar-refractivity contribution in [3.8, 4) is 0 Å². The van der Waals surface area contributed by atoms with E-state index >= 15 is 0 Å². The van der Waals surface area contributed by atoms with Crippen LogP contribution in [-0.2, 0) is 22.0 Å². The predicted octanol–water partition coefficient (Wildman–Crippen LogP) is -0.393. The monoisotopic (exact) mass is 162 g/mol. The fraction of sp³-hybridized carbons (Fsp3) is 0.800. The molecule has 0 aliphatic carbocycles. The minimum atomic E-state index is -0.554. The molecule has 0 aromatic heterocycles. The maximum absolute atomic E-state index is 10.7. The van der Waals surface area contributed by atoms with Gasteiger partial charge >= 0.3 is 5.97 Å². The van der Waals surface area contributed by atoms with E-state index in [0.717, 1.165) is 0 Å². The fourth-order valence-corrected chi connectivity index (χ4v) is 0.409. The van der Waals surface area contributed by atoms with Gasteiger partial charge in [-0.2, -0.15) is 0 Å². The van der Waals surface area contributed by atoms with Gasteiger partial charge in [-0.3, -0.25) is 0 Å². The Morgan fingerprint density at radius 1 is 1.90 bits per heavy atom. The van der Waals surface area contributed by atoms with Crippen LogP contribution in [0.3, 0.4) is 0 Å². The number of carbonyl (C=O) groups is 1. The molecule has 1 atom stereocenters. The number of hydrogen-bond donors (Lipinski definition) is 1. The molecular weight excluding hydrogens is 152 g/mol. The summed E-state index contributed by atoms with van der Waals surface area (Å²) >= 11 is 4.29. The third-order valence-electron chi connectivity index (χ3n) is 0.861. The SMILES string of the molecule is C[C@H](N=S)C(=O)OCCN. The van der Waals surface area contributed by atoms with Crippen LogP contribution in [0.15, 0.2) is 4.36 Å². The minimum Gasteiger partial charge on any atom is -0.463 e. The maximum Gasteiger partial charge on any atom is 0.331 e. The summed E-state index contributed by atoms with van der Waals surface area (Å²) < 4.78 is 7.93. The van der Waals surface area contributed by atoms with Crippen molar-refractivity contribution in [3.63, 3.8) is 0 Å². The average Bonchev–Trinajstić information content (AvgIpc) is 1.98. The van der Waals surface area contributed by atoms with E-state index in [9.17, 15) is 4.79 Å². The van der Waals surface area contributed by atoms with Crippen LogP contribution in [0.2, 0.25) is 0 Å². The Bertz CT molecular complexity index is 129. The van der Waals surface area contributed by atoms with Gasteiger partial charge in [0.25, 0.3) is 0 Å². The molecule has 10 heavy (non-hydrogen) atoms. The zero-order chi connectivity index (χ0) is 7.98. The van der Waals surface area contributed by atoms with E-state index in [4.69, 9.17) is 5.73 Å². The highest BCUT2D eigenvalue weighted by molar-refractivity contribution is 7.47. The largest absolute Gasteiger partial charge is 0.463 e. The number of rotatable bonds is 4. The van der Waals surface area contributed by atoms with E-state index in [-0.39, 0.29) is 6.61 Å². The van der Waals surface area contributed by atoms with Crippen molar-refractivity contribution in [2.75, 3.05) is 13.2 Å². The highest BCUT2D eigenvalue weighted by atomic mass is 32.1. The fourth-order valence-electron chi connectivity index (χ4n) is 0.323. The van der Waals surface area contributed by atoms with Crippen molar-refractivity contribution in [1.82, 2.24) is 0 Å². The molecule has 4 nitrogen and oxygen atoms in total. The quantitative estimate of drug-likeness (QED) is 0.572. The van der Waals surface area contributed by atoms with E-state index in [1.54, 1.807) is 6.92 Å². The number of hydrogen-bond acceptors (Lipinski definition) is 5. The molecule has 0 saturated heterocycles. The zero-order valence-electron chi connectivity index (χ0n) is 5.74. The lowest BCUT2D eigenvalue weighted by Gasteiger charge is -2.03. The van der Waals surface area contributed by atoms with E-state index < -0.39 is 12.0 Å². The van der Waals surface area contributed by atoms with E-state index in [2.05, 4.69) is 21.5 Å². The molecule has 0 amide bonds. The highest BCUT2D eigenvalue weighted by Gasteiger charge is 2.10. The second kappa shape index (κ2) is 5.25. The Kier molecular flexibility index (Phi) is 4.96. The molecule has 0 spiro atoms. The normalized spacial score (nSPS) is 12.2. The second-order valence-electron chi connectivity index (χ2n) is 1.74. The molecule has 0 heterocycles. The van der Waals surface area contributed by atoms with Crippen LogP contribution in [-0.4, -0.2) is 25.2 Å². The predicted molar refractivity (Wildman–Crippen MR) is 39.3 cm³/mol. The van der Waals surface area contributed by atoms with Crippen molar-refractivity contribution in [2.45, 2.75) is 13.0 Å². The smallest absolute Gasteiger partial charge is 0.331 e. The Labute approximate surface area is 64.9 Å². The van der Waals surface area contributed by atoms with Gasteiger partial charge in [-0.1, -0.05) is 0 Å². The molecule has 0 unspecified atom stereocenters. The van der Waals surface area contributed by atoms with Crippen LogP contribution < -0.4 is 5.73 Å². The van der Waals surface area contributed by atoms with Gasteiger partial charge in [0, 0.05) is 19.0 Å². The van der Waals surface area contributed by atoms with Crippen LogP contribution in [0.25, 0.3) is 0 Å². The first-order valence-corrected chi connectivity index (χ1v) is 3.28. The van der Waals surface area contributed by atoms with E-state index in [1.165, 1.54) is 0 Å². The van der Waals surface area contributed by atoms with Gasteiger partial charge in [-0.05, 0) is 6.92 Å². The third-order valence-corrected chi connectivity index (χ3v) is 1.18. The first kappa shape index (κ1) is 9.45. The standard InChI is InChI=1S/C5H10N2O2S/c1-4(7-10)5(8)9-3-2-6/h4H,2-3,6H2,1H3/t4-/m0/s1. The molecule has 5 heteroatoms. The molecule has 0 aromatic rings. The van der Waals surface area contributed by atoms with Crippen molar-refractivity contribution >= 4 is 18.4 Å². The molecule has 2 N–H and O–H groups in total. The summed E-state index contributed by atoms with van der Waals surface area (Å²) in [5.41, 5.74) is 5.08. The molecule has 0 aliphatic heterocycles. The van der Waals surface area contributed by atoms with Crippen LogP contribution in [0, 0.1) is 0 Å². The number of esters is 1. The Balaban J connectivity index is 3.51. The lowest BCUT2D eigenvalue weighted by molar-refractivity contribution is -0.144. The van der Waals surface area contributed by atoms with Crippen molar-refractivity contribution in [2.24, 2.45) is 10.1 Å². The molecule has 0 aliphatic rings. The first-order valence-electron chi connectivity index (χ1n) is 2.91. The second-order valence-corrected chi connectivity index (χ2v) is 1.95. The summed E-state index contributed by atoms with van der Waals surface area (Å²) in [6.07, 6.45) is 0. The summed E-state index contributed by atoms with van der Waals surface area (Å²) in [6, 6.07) is -0.554. The molecule has 0 radical (unpaired) electrons. The van der Waals surface area contributed by atoms with Crippen LogP contribution >= 0.6 is 0 Å². The number of carbonyl (C=O) groups excluding carboxylic acids is 1. The summed E-state index contributed by atoms with van der Waals surface area (Å²) in [5.74, 6) is -0.416. The minimum absolute atomic E-state index is 0.230. The molecule has 0 aromatic carbocycles. The lowest BCUT2D eigenvalue weighted by Crippen LogP contribution is -2.21. The van der Waals surface area contributed by atoms with Gasteiger partial charge in [0.2, 0.25) is 0 Å². The van der Waals surface area contributed by atoms with Gasteiger partial charge in [0.05, 0.1) is 0 Å². The van der Waals surface area contributed by atoms with E-state index in [0.29, 0.717) is 6.54 Å². The molecule has 0 saturated carbocycles. The van der Waals surface area contributed by atoms with E-state index in [1.807, 2.05) is 0 Å². The molecule has 0 fully saturated rings. The van der Waals surface area contributed by atoms with Gasteiger partial charge in [-0.15, -0.1) is 0 Å². The zero-order valence-corrected chi connectivity index (χ0v) is 6.56. The third kappa shape index (κ3) is 3.47. The van der Waals surface area contributed by atoms with Crippen molar-refractivity contribution in [1.29, 1.82) is 0 Å². The van der Waals surface area contributed by atoms with Crippen molar-refractivity contribution in [3.05, 3.63) is 0 Å². The Morgan fingerprint density at radius 3 is 2.90 bits per heavy atom. The molecule has 58 valence electrons. The van der Waals surface area contributed by atoms with Crippen molar-refractivity contribution < 1.29 is 9.53 Å². The summed E-state index contributed by atoms with van der Waals surface area (Å²) in [5, 5.41) is 0. The number of ether oxygens (including phenoxy) is 1. The highest BCUT2D eigenvalue weighted by Crippen LogP contribution is 1.91. The van der Waals surface area contributed by atoms with Gasteiger partial charge in [-0.25, -0.2) is 9.16 Å². The lowest BCUT2D eigenvalue weighted by atomic mass is 10.4. The summed E-state index contributed by atoms with van der Waals surface area (Å²) in [6.45, 7) is 2.13. The Hall–Kier alpha value is -0.550. The first-order chi connectivity index (χ1) is 4.72. The van der Waals surface area contributed by atoms with Crippen LogP contribution in [0.1, 0.15) is 6.92 Å². The van der Waals surface area contributed by atoms with Gasteiger partial charge < -0.3 is 10.5 Å². The summed E-state index contributed by atoms with van der Waals surface area (Å²) in [7, 11) is 0. The number of nitrogens with zero attached hydrogens (tertiary/aromatic N) is 1.